The second-order valence-corrected chi connectivity index (χ2v) is 7.50. The van der Waals surface area contributed by atoms with Crippen LogP contribution >= 0.6 is 0 Å². The number of sulfonamides is 1. The highest BCUT2D eigenvalue weighted by molar-refractivity contribution is 7.89. The van der Waals surface area contributed by atoms with Gasteiger partial charge in [-0.2, -0.15) is 9.57 Å². The average molecular weight is 362 g/mol. The highest BCUT2D eigenvalue weighted by Crippen LogP contribution is 2.25. The first-order chi connectivity index (χ1) is 12.0. The molecule has 0 unspecified atom stereocenters. The molecule has 0 aliphatic carbocycles. The van der Waals surface area contributed by atoms with Gasteiger partial charge in [-0.25, -0.2) is 13.4 Å². The van der Waals surface area contributed by atoms with Crippen molar-refractivity contribution in [2.75, 3.05) is 38.2 Å². The molecular weight excluding hydrogens is 344 g/mol. The number of piperazine rings is 1. The van der Waals surface area contributed by atoms with Gasteiger partial charge in [0.05, 0.1) is 12.0 Å². The van der Waals surface area contributed by atoms with Gasteiger partial charge in [0, 0.05) is 33.1 Å². The summed E-state index contributed by atoms with van der Waals surface area (Å²) in [6.07, 6.45) is 0. The number of anilines is 1. The molecule has 1 fully saturated rings. The second-order valence-electron chi connectivity index (χ2n) is 5.57. The highest BCUT2D eigenvalue weighted by atomic mass is 32.2. The predicted octanol–water partition coefficient (Wildman–Crippen LogP) is 1.37. The molecule has 132 valence electrons. The van der Waals surface area contributed by atoms with Crippen LogP contribution in [0.1, 0.15) is 11.6 Å². The van der Waals surface area contributed by atoms with Crippen molar-refractivity contribution in [3.05, 3.63) is 35.9 Å². The maximum Gasteiger partial charge on any atom is 0.243 e. The third kappa shape index (κ3) is 3.31. The molecule has 9 heteroatoms. The van der Waals surface area contributed by atoms with E-state index in [4.69, 9.17) is 14.4 Å². The number of hydrogen-bond acceptors (Lipinski definition) is 7. The van der Waals surface area contributed by atoms with Gasteiger partial charge in [-0.15, -0.1) is 0 Å². The van der Waals surface area contributed by atoms with Gasteiger partial charge in [0.1, 0.15) is 11.8 Å². The number of aromatic nitrogens is 1. The minimum atomic E-state index is -3.56. The molecule has 1 saturated heterocycles. The summed E-state index contributed by atoms with van der Waals surface area (Å²) in [5.74, 6) is 1.43. The lowest BCUT2D eigenvalue weighted by Gasteiger charge is -2.33. The van der Waals surface area contributed by atoms with E-state index in [0.717, 1.165) is 0 Å². The van der Waals surface area contributed by atoms with Crippen LogP contribution in [0.2, 0.25) is 0 Å². The maximum atomic E-state index is 12.7. The molecule has 1 aliphatic heterocycles. The first kappa shape index (κ1) is 17.3. The molecule has 0 bridgehead atoms. The van der Waals surface area contributed by atoms with Crippen LogP contribution in [0.3, 0.4) is 0 Å². The number of hydrogen-bond donors (Lipinski definition) is 0. The number of rotatable bonds is 4. The molecular formula is C16H18N4O4S. The summed E-state index contributed by atoms with van der Waals surface area (Å²) in [6.45, 7) is 3.14. The van der Waals surface area contributed by atoms with E-state index in [9.17, 15) is 8.42 Å². The molecule has 25 heavy (non-hydrogen) atoms. The number of nitriles is 1. The van der Waals surface area contributed by atoms with Gasteiger partial charge in [0.15, 0.2) is 5.89 Å². The Morgan fingerprint density at radius 3 is 2.40 bits per heavy atom. The smallest absolute Gasteiger partial charge is 0.243 e. The van der Waals surface area contributed by atoms with Crippen molar-refractivity contribution < 1.29 is 17.6 Å². The molecule has 0 N–H and O–H groups in total. The van der Waals surface area contributed by atoms with Crippen molar-refractivity contribution in [2.45, 2.75) is 11.8 Å². The molecule has 1 aromatic carbocycles. The van der Waals surface area contributed by atoms with Crippen LogP contribution < -0.4 is 9.64 Å². The van der Waals surface area contributed by atoms with E-state index in [1.807, 2.05) is 11.0 Å². The van der Waals surface area contributed by atoms with E-state index in [2.05, 4.69) is 4.98 Å². The number of aryl methyl sites for hydroxylation is 1. The summed E-state index contributed by atoms with van der Waals surface area (Å²) in [5, 5.41) is 9.12. The van der Waals surface area contributed by atoms with E-state index in [0.29, 0.717) is 43.7 Å². The van der Waals surface area contributed by atoms with E-state index in [-0.39, 0.29) is 10.6 Å². The van der Waals surface area contributed by atoms with Crippen molar-refractivity contribution in [1.82, 2.24) is 9.29 Å². The standard InChI is InChI=1S/C16H18N4O4S/c1-12-18-15(11-17)16(24-12)19-7-9-20(10-8-19)25(21,22)14-5-3-13(23-2)4-6-14/h3-6H,7-10H2,1-2H3. The zero-order chi connectivity index (χ0) is 18.0. The molecule has 0 saturated carbocycles. The molecule has 2 aromatic rings. The molecule has 0 amide bonds. The first-order valence-electron chi connectivity index (χ1n) is 7.72. The summed E-state index contributed by atoms with van der Waals surface area (Å²) in [6, 6.07) is 8.32. The second kappa shape index (κ2) is 6.74. The molecule has 1 aliphatic rings. The third-order valence-electron chi connectivity index (χ3n) is 4.05. The molecule has 8 nitrogen and oxygen atoms in total. The summed E-state index contributed by atoms with van der Waals surface area (Å²) < 4.78 is 37.4. The Balaban J connectivity index is 1.73. The molecule has 2 heterocycles. The number of ether oxygens (including phenoxy) is 1. The van der Waals surface area contributed by atoms with Crippen LogP contribution in [0.15, 0.2) is 33.6 Å². The molecule has 3 rings (SSSR count). The Morgan fingerprint density at radius 2 is 1.84 bits per heavy atom. The molecule has 0 atom stereocenters. The maximum absolute atomic E-state index is 12.7. The van der Waals surface area contributed by atoms with E-state index < -0.39 is 10.0 Å². The zero-order valence-electron chi connectivity index (χ0n) is 14.0. The Kier molecular flexibility index (Phi) is 4.65. The minimum Gasteiger partial charge on any atom is -0.497 e. The predicted molar refractivity (Wildman–Crippen MR) is 89.9 cm³/mol. The Morgan fingerprint density at radius 1 is 1.20 bits per heavy atom. The molecule has 0 radical (unpaired) electrons. The van der Waals surface area contributed by atoms with Crippen LogP contribution in [-0.2, 0) is 10.0 Å². The molecule has 0 spiro atoms. The van der Waals surface area contributed by atoms with Gasteiger partial charge in [0.2, 0.25) is 21.6 Å². The van der Waals surface area contributed by atoms with Crippen molar-refractivity contribution >= 4 is 15.9 Å². The van der Waals surface area contributed by atoms with E-state index in [1.165, 1.54) is 23.5 Å². The van der Waals surface area contributed by atoms with E-state index in [1.54, 1.807) is 19.1 Å². The van der Waals surface area contributed by atoms with Gasteiger partial charge in [0.25, 0.3) is 0 Å². The summed E-state index contributed by atoms with van der Waals surface area (Å²) in [7, 11) is -2.03. The Bertz CT molecular complexity index is 891. The SMILES string of the molecule is COc1ccc(S(=O)(=O)N2CCN(c3oc(C)nc3C#N)CC2)cc1. The van der Waals surface area contributed by atoms with Crippen LogP contribution in [-0.4, -0.2) is 51.0 Å². The summed E-state index contributed by atoms with van der Waals surface area (Å²) >= 11 is 0. The average Bonchev–Trinajstić information content (AvgIpc) is 3.02. The normalized spacial score (nSPS) is 15.8. The fraction of sp³-hybridized carbons (Fsp3) is 0.375. The monoisotopic (exact) mass is 362 g/mol. The fourth-order valence-electron chi connectivity index (χ4n) is 2.73. The zero-order valence-corrected chi connectivity index (χ0v) is 14.8. The number of benzene rings is 1. The molecule has 1 aromatic heterocycles. The van der Waals surface area contributed by atoms with Gasteiger partial charge < -0.3 is 14.1 Å². The van der Waals surface area contributed by atoms with Gasteiger partial charge in [-0.3, -0.25) is 0 Å². The summed E-state index contributed by atoms with van der Waals surface area (Å²) in [4.78, 5) is 6.10. The van der Waals surface area contributed by atoms with Crippen molar-refractivity contribution in [3.63, 3.8) is 0 Å². The van der Waals surface area contributed by atoms with Gasteiger partial charge >= 0.3 is 0 Å². The summed E-state index contributed by atoms with van der Waals surface area (Å²) in [5.41, 5.74) is 0.226. The van der Waals surface area contributed by atoms with Crippen LogP contribution in [0.4, 0.5) is 5.88 Å². The van der Waals surface area contributed by atoms with Crippen molar-refractivity contribution in [1.29, 1.82) is 5.26 Å². The van der Waals surface area contributed by atoms with Crippen LogP contribution in [0.5, 0.6) is 5.75 Å². The quantitative estimate of drug-likeness (QED) is 0.810. The van der Waals surface area contributed by atoms with Gasteiger partial charge in [-0.1, -0.05) is 0 Å². The van der Waals surface area contributed by atoms with E-state index >= 15 is 0 Å². The topological polar surface area (TPSA) is 99.7 Å². The van der Waals surface area contributed by atoms with Crippen molar-refractivity contribution in [3.8, 4) is 11.8 Å². The largest absolute Gasteiger partial charge is 0.497 e. The first-order valence-corrected chi connectivity index (χ1v) is 9.16. The lowest BCUT2D eigenvalue weighted by atomic mass is 10.3. The lowest BCUT2D eigenvalue weighted by Crippen LogP contribution is -2.48. The number of nitrogens with zero attached hydrogens (tertiary/aromatic N) is 4. The fourth-order valence-corrected chi connectivity index (χ4v) is 4.15. The Labute approximate surface area is 146 Å². The minimum absolute atomic E-state index is 0.226. The van der Waals surface area contributed by atoms with Gasteiger partial charge in [-0.05, 0) is 24.3 Å². The Hall–Kier alpha value is -2.57. The highest BCUT2D eigenvalue weighted by Gasteiger charge is 2.30. The number of oxazole rings is 1. The third-order valence-corrected chi connectivity index (χ3v) is 5.96. The number of methoxy groups -OCH3 is 1. The lowest BCUT2D eigenvalue weighted by molar-refractivity contribution is 0.371. The van der Waals surface area contributed by atoms with Crippen LogP contribution in [0.25, 0.3) is 0 Å². The van der Waals surface area contributed by atoms with Crippen LogP contribution in [0, 0.1) is 18.3 Å². The van der Waals surface area contributed by atoms with Crippen molar-refractivity contribution in [2.24, 2.45) is 0 Å².